The number of hydrogen-bond acceptors (Lipinski definition) is 6. The van der Waals surface area contributed by atoms with Crippen molar-refractivity contribution in [2.24, 2.45) is 5.92 Å². The summed E-state index contributed by atoms with van der Waals surface area (Å²) in [6.45, 7) is 7.89. The molecule has 7 nitrogen and oxygen atoms in total. The normalized spacial score (nSPS) is 21.1. The molecule has 0 radical (unpaired) electrons. The average molecular weight is 445 g/mol. The molecule has 3 heterocycles. The van der Waals surface area contributed by atoms with Crippen LogP contribution in [0.3, 0.4) is 0 Å². The third-order valence-corrected chi connectivity index (χ3v) is 7.94. The van der Waals surface area contributed by atoms with Gasteiger partial charge >= 0.3 is 0 Å². The van der Waals surface area contributed by atoms with Gasteiger partial charge in [0.25, 0.3) is 0 Å². The summed E-state index contributed by atoms with van der Waals surface area (Å²) < 4.78 is 32.2. The summed E-state index contributed by atoms with van der Waals surface area (Å²) in [5.41, 5.74) is 2.57. The van der Waals surface area contributed by atoms with Crippen molar-refractivity contribution in [3.63, 3.8) is 0 Å². The number of piperidine rings is 1. The van der Waals surface area contributed by atoms with Crippen LogP contribution in [0.2, 0.25) is 0 Å². The van der Waals surface area contributed by atoms with E-state index < -0.39 is 10.0 Å². The third-order valence-electron chi connectivity index (χ3n) is 6.06. The van der Waals surface area contributed by atoms with Crippen LogP contribution in [-0.2, 0) is 27.8 Å². The first-order valence-electron chi connectivity index (χ1n) is 11.1. The Hall–Kier alpha value is -2.00. The molecular formula is C23H32N4O3S. The Morgan fingerprint density at radius 2 is 1.87 bits per heavy atom. The lowest BCUT2D eigenvalue weighted by Crippen LogP contribution is -2.40. The lowest BCUT2D eigenvalue weighted by Gasteiger charge is -2.31. The highest BCUT2D eigenvalue weighted by Crippen LogP contribution is 2.21. The summed E-state index contributed by atoms with van der Waals surface area (Å²) in [6, 6.07) is 11.9. The highest BCUT2D eigenvalue weighted by molar-refractivity contribution is 7.89. The smallest absolute Gasteiger partial charge is 0.244 e. The van der Waals surface area contributed by atoms with Crippen LogP contribution in [0.15, 0.2) is 47.5 Å². The summed E-state index contributed by atoms with van der Waals surface area (Å²) in [4.78, 5) is 7.11. The number of pyridine rings is 1. The zero-order valence-electron chi connectivity index (χ0n) is 18.2. The summed E-state index contributed by atoms with van der Waals surface area (Å²) in [5, 5.41) is 3.35. The molecule has 1 unspecified atom stereocenters. The van der Waals surface area contributed by atoms with Gasteiger partial charge in [-0.25, -0.2) is 13.4 Å². The van der Waals surface area contributed by atoms with Crippen LogP contribution >= 0.6 is 0 Å². The van der Waals surface area contributed by atoms with Gasteiger partial charge in [-0.1, -0.05) is 31.2 Å². The third kappa shape index (κ3) is 5.63. The van der Waals surface area contributed by atoms with Crippen molar-refractivity contribution in [1.29, 1.82) is 0 Å². The van der Waals surface area contributed by atoms with E-state index in [9.17, 15) is 8.42 Å². The molecule has 1 N–H and O–H groups in total. The van der Waals surface area contributed by atoms with Gasteiger partial charge in [0.1, 0.15) is 10.7 Å². The summed E-state index contributed by atoms with van der Waals surface area (Å²) in [6.07, 6.45) is 4.03. The molecule has 2 fully saturated rings. The monoisotopic (exact) mass is 444 g/mol. The number of likely N-dealkylation sites (tertiary alicyclic amines) is 1. The highest BCUT2D eigenvalue weighted by Gasteiger charge is 2.26. The first-order valence-corrected chi connectivity index (χ1v) is 12.5. The molecular weight excluding hydrogens is 412 g/mol. The van der Waals surface area contributed by atoms with Crippen LogP contribution in [-0.4, -0.2) is 62.0 Å². The molecule has 2 aliphatic heterocycles. The predicted octanol–water partition coefficient (Wildman–Crippen LogP) is 2.95. The topological polar surface area (TPSA) is 74.8 Å². The van der Waals surface area contributed by atoms with Gasteiger partial charge in [-0.3, -0.25) is 4.90 Å². The summed E-state index contributed by atoms with van der Waals surface area (Å²) in [5.74, 6) is 1.43. The molecule has 0 bridgehead atoms. The second-order valence-electron chi connectivity index (χ2n) is 8.50. The maximum atomic E-state index is 12.7. The van der Waals surface area contributed by atoms with Gasteiger partial charge in [-0.05, 0) is 48.6 Å². The minimum Gasteiger partial charge on any atom is -0.379 e. The van der Waals surface area contributed by atoms with Crippen molar-refractivity contribution < 1.29 is 13.2 Å². The number of rotatable bonds is 7. The fourth-order valence-electron chi connectivity index (χ4n) is 4.31. The van der Waals surface area contributed by atoms with Crippen molar-refractivity contribution >= 4 is 15.8 Å². The molecule has 4 rings (SSSR count). The van der Waals surface area contributed by atoms with Crippen molar-refractivity contribution in [3.8, 4) is 0 Å². The molecule has 2 saturated heterocycles. The van der Waals surface area contributed by atoms with E-state index in [-0.39, 0.29) is 4.90 Å². The molecule has 1 atom stereocenters. The van der Waals surface area contributed by atoms with Gasteiger partial charge in [0, 0.05) is 38.9 Å². The quantitative estimate of drug-likeness (QED) is 0.708. The molecule has 1 aromatic heterocycles. The lowest BCUT2D eigenvalue weighted by molar-refractivity contribution is 0.0730. The van der Waals surface area contributed by atoms with Gasteiger partial charge < -0.3 is 10.1 Å². The zero-order chi connectivity index (χ0) is 21.7. The van der Waals surface area contributed by atoms with E-state index in [1.54, 1.807) is 12.1 Å². The first-order chi connectivity index (χ1) is 15.0. The number of sulfonamides is 1. The minimum atomic E-state index is -3.52. The van der Waals surface area contributed by atoms with E-state index >= 15 is 0 Å². The maximum absolute atomic E-state index is 12.7. The number of hydrogen-bond donors (Lipinski definition) is 1. The van der Waals surface area contributed by atoms with E-state index in [4.69, 9.17) is 4.74 Å². The Morgan fingerprint density at radius 3 is 2.58 bits per heavy atom. The molecule has 168 valence electrons. The second-order valence-corrected chi connectivity index (χ2v) is 10.4. The van der Waals surface area contributed by atoms with Gasteiger partial charge in [-0.2, -0.15) is 4.31 Å². The maximum Gasteiger partial charge on any atom is 0.244 e. The molecule has 1 aromatic carbocycles. The van der Waals surface area contributed by atoms with E-state index in [1.165, 1.54) is 34.5 Å². The van der Waals surface area contributed by atoms with Gasteiger partial charge in [0.2, 0.25) is 10.0 Å². The Bertz CT molecular complexity index is 959. The zero-order valence-corrected chi connectivity index (χ0v) is 19.0. The Morgan fingerprint density at radius 1 is 1.10 bits per heavy atom. The van der Waals surface area contributed by atoms with Crippen LogP contribution in [0.4, 0.5) is 5.82 Å². The van der Waals surface area contributed by atoms with Crippen molar-refractivity contribution in [1.82, 2.24) is 14.2 Å². The molecule has 31 heavy (non-hydrogen) atoms. The van der Waals surface area contributed by atoms with Crippen LogP contribution in [0.5, 0.6) is 0 Å². The standard InChI is InChI=1S/C23H32N4O3S/c1-19-5-4-10-26(17-19)18-21-7-3-2-6-20(21)15-24-23-9-8-22(16-25-23)31(28,29)27-11-13-30-14-12-27/h2-3,6-9,16,19H,4-5,10-15,17-18H2,1H3,(H,24,25). The Labute approximate surface area is 185 Å². The molecule has 0 amide bonds. The molecule has 8 heteroatoms. The van der Waals surface area contributed by atoms with Crippen LogP contribution in [0.1, 0.15) is 30.9 Å². The number of anilines is 1. The molecule has 2 aliphatic rings. The largest absolute Gasteiger partial charge is 0.379 e. The highest BCUT2D eigenvalue weighted by atomic mass is 32.2. The summed E-state index contributed by atoms with van der Waals surface area (Å²) >= 11 is 0. The second kappa shape index (κ2) is 10.1. The SMILES string of the molecule is CC1CCCN(Cc2ccccc2CNc2ccc(S(=O)(=O)N3CCOCC3)cn2)C1. The van der Waals surface area contributed by atoms with Crippen molar-refractivity contribution in [3.05, 3.63) is 53.7 Å². The van der Waals surface area contributed by atoms with E-state index in [0.717, 1.165) is 25.6 Å². The average Bonchev–Trinajstić information content (AvgIpc) is 2.79. The van der Waals surface area contributed by atoms with E-state index in [0.29, 0.717) is 38.7 Å². The summed E-state index contributed by atoms with van der Waals surface area (Å²) in [7, 11) is -3.52. The van der Waals surface area contributed by atoms with Gasteiger partial charge in [-0.15, -0.1) is 0 Å². The van der Waals surface area contributed by atoms with E-state index in [2.05, 4.69) is 46.4 Å². The van der Waals surface area contributed by atoms with E-state index in [1.807, 2.05) is 0 Å². The number of nitrogens with one attached hydrogen (secondary N) is 1. The fraction of sp³-hybridized carbons (Fsp3) is 0.522. The number of morpholine rings is 1. The molecule has 0 saturated carbocycles. The number of nitrogens with zero attached hydrogens (tertiary/aromatic N) is 3. The van der Waals surface area contributed by atoms with Crippen molar-refractivity contribution in [2.75, 3.05) is 44.7 Å². The predicted molar refractivity (Wildman–Crippen MR) is 121 cm³/mol. The van der Waals surface area contributed by atoms with Gasteiger partial charge in [0.05, 0.1) is 13.2 Å². The number of ether oxygens (including phenoxy) is 1. The number of aromatic nitrogens is 1. The number of benzene rings is 1. The lowest BCUT2D eigenvalue weighted by atomic mass is 9.99. The van der Waals surface area contributed by atoms with Crippen molar-refractivity contribution in [2.45, 2.75) is 37.8 Å². The Kier molecular flexibility index (Phi) is 7.22. The Balaban J connectivity index is 1.38. The van der Waals surface area contributed by atoms with Crippen LogP contribution < -0.4 is 5.32 Å². The molecule has 0 aliphatic carbocycles. The fourth-order valence-corrected chi connectivity index (χ4v) is 5.67. The van der Waals surface area contributed by atoms with Gasteiger partial charge in [0.15, 0.2) is 0 Å². The first kappa shape index (κ1) is 22.2. The van der Waals surface area contributed by atoms with Crippen LogP contribution in [0, 0.1) is 5.92 Å². The molecule has 2 aromatic rings. The minimum absolute atomic E-state index is 0.222. The van der Waals surface area contributed by atoms with Crippen LogP contribution in [0.25, 0.3) is 0 Å². The molecule has 0 spiro atoms.